The number of nitrogens with zero attached hydrogens (tertiary/aromatic N) is 6. The molecule has 3 amide bonds. The lowest BCUT2D eigenvalue weighted by molar-refractivity contribution is -0.141. The van der Waals surface area contributed by atoms with Crippen LogP contribution in [-0.4, -0.2) is 75.6 Å². The van der Waals surface area contributed by atoms with Gasteiger partial charge in [0.2, 0.25) is 11.8 Å². The third-order valence-electron chi connectivity index (χ3n) is 7.97. The van der Waals surface area contributed by atoms with Crippen LogP contribution >= 0.6 is 11.3 Å². The van der Waals surface area contributed by atoms with E-state index in [4.69, 9.17) is 0 Å². The summed E-state index contributed by atoms with van der Waals surface area (Å²) in [5, 5.41) is 9.62. The number of amides is 3. The average molecular weight is 531 g/mol. The van der Waals surface area contributed by atoms with E-state index in [0.717, 1.165) is 9.58 Å². The summed E-state index contributed by atoms with van der Waals surface area (Å²) < 4.78 is 0.791. The van der Waals surface area contributed by atoms with Crippen molar-refractivity contribution >= 4 is 39.3 Å². The number of hydrogen-bond donors (Lipinski definition) is 0. The van der Waals surface area contributed by atoms with Gasteiger partial charge < -0.3 is 9.80 Å². The highest BCUT2D eigenvalue weighted by Crippen LogP contribution is 2.40. The third-order valence-corrected chi connectivity index (χ3v) is 9.11. The first kappa shape index (κ1) is 25.9. The van der Waals surface area contributed by atoms with Crippen LogP contribution in [0.25, 0.3) is 21.5 Å². The number of carbonyl (C=O) groups excluding carboxylic acids is 3. The van der Waals surface area contributed by atoms with Crippen LogP contribution in [0.3, 0.4) is 0 Å². The second-order valence-electron chi connectivity index (χ2n) is 10.9. The summed E-state index contributed by atoms with van der Waals surface area (Å²) in [4.78, 5) is 54.6. The summed E-state index contributed by atoms with van der Waals surface area (Å²) in [6.07, 6.45) is 1.65. The van der Waals surface area contributed by atoms with Crippen molar-refractivity contribution in [2.45, 2.75) is 40.3 Å². The number of imide groups is 1. The van der Waals surface area contributed by atoms with Gasteiger partial charge in [-0.3, -0.25) is 24.3 Å². The van der Waals surface area contributed by atoms with Crippen LogP contribution in [0.15, 0.2) is 24.4 Å². The first-order valence-corrected chi connectivity index (χ1v) is 13.4. The second-order valence-corrected chi connectivity index (χ2v) is 12.1. The standard InChI is InChI=1S/C28H30N6O3S/c1-15-9-17(11-29)31-23(22(15)26(36)33-12-18(13-33)32(5)6)20-7-8-30-21-10-19(38-24(20)21)14-34-25(35)16(2)28(3,4)27(34)37/h7-10,16,18H,12-14H2,1-6H3. The van der Waals surface area contributed by atoms with E-state index >= 15 is 0 Å². The lowest BCUT2D eigenvalue weighted by Crippen LogP contribution is -2.59. The summed E-state index contributed by atoms with van der Waals surface area (Å²) in [5.41, 5.74) is 2.49. The molecule has 0 radical (unpaired) electrons. The molecule has 1 unspecified atom stereocenters. The molecule has 2 aliphatic heterocycles. The first-order valence-electron chi connectivity index (χ1n) is 12.5. The minimum Gasteiger partial charge on any atom is -0.335 e. The maximum absolute atomic E-state index is 13.6. The number of likely N-dealkylation sites (tertiary alicyclic amines) is 2. The summed E-state index contributed by atoms with van der Waals surface area (Å²) in [7, 11) is 4.00. The number of aryl methyl sites for hydroxylation is 1. The molecule has 0 aromatic carbocycles. The van der Waals surface area contributed by atoms with E-state index in [2.05, 4.69) is 20.9 Å². The Kier molecular flexibility index (Phi) is 6.32. The molecule has 5 heterocycles. The molecule has 2 fully saturated rings. The quantitative estimate of drug-likeness (QED) is 0.465. The SMILES string of the molecule is Cc1cc(C#N)nc(-c2ccnc3cc(CN4C(=O)C(C)C(C)(C)C4=O)sc23)c1C(=O)N1CC(N(C)C)C1. The Hall–Kier alpha value is -3.68. The molecule has 0 bridgehead atoms. The Balaban J connectivity index is 1.56. The van der Waals surface area contributed by atoms with Gasteiger partial charge in [0.1, 0.15) is 11.8 Å². The van der Waals surface area contributed by atoms with Gasteiger partial charge in [0.25, 0.3) is 5.91 Å². The Labute approximate surface area is 225 Å². The number of carbonyl (C=O) groups is 3. The van der Waals surface area contributed by atoms with E-state index in [1.54, 1.807) is 44.0 Å². The molecule has 196 valence electrons. The fourth-order valence-corrected chi connectivity index (χ4v) is 6.15. The molecular formula is C28H30N6O3S. The zero-order valence-corrected chi connectivity index (χ0v) is 23.2. The van der Waals surface area contributed by atoms with E-state index in [1.165, 1.54) is 16.2 Å². The van der Waals surface area contributed by atoms with Crippen LogP contribution in [0.4, 0.5) is 0 Å². The summed E-state index contributed by atoms with van der Waals surface area (Å²) in [6, 6.07) is 7.74. The van der Waals surface area contributed by atoms with Gasteiger partial charge in [-0.15, -0.1) is 11.3 Å². The number of nitriles is 1. The molecule has 0 aliphatic carbocycles. The molecule has 38 heavy (non-hydrogen) atoms. The fourth-order valence-electron chi connectivity index (χ4n) is 5.03. The number of aromatic nitrogens is 2. The van der Waals surface area contributed by atoms with E-state index < -0.39 is 5.41 Å². The van der Waals surface area contributed by atoms with Gasteiger partial charge in [-0.25, -0.2) is 4.98 Å². The Morgan fingerprint density at radius 3 is 2.58 bits per heavy atom. The highest BCUT2D eigenvalue weighted by molar-refractivity contribution is 7.19. The highest BCUT2D eigenvalue weighted by atomic mass is 32.1. The van der Waals surface area contributed by atoms with Crippen LogP contribution in [-0.2, 0) is 16.1 Å². The number of pyridine rings is 2. The Morgan fingerprint density at radius 1 is 1.26 bits per heavy atom. The van der Waals surface area contributed by atoms with Crippen LogP contribution in [0, 0.1) is 29.6 Å². The lowest BCUT2D eigenvalue weighted by Gasteiger charge is -2.43. The largest absolute Gasteiger partial charge is 0.335 e. The molecule has 0 saturated carbocycles. The topological polar surface area (TPSA) is 110 Å². The normalized spacial score (nSPS) is 19.4. The Bertz CT molecular complexity index is 1530. The van der Waals surface area contributed by atoms with Crippen LogP contribution in [0.5, 0.6) is 0 Å². The second kappa shape index (κ2) is 9.26. The smallest absolute Gasteiger partial charge is 0.256 e. The van der Waals surface area contributed by atoms with E-state index in [9.17, 15) is 19.6 Å². The van der Waals surface area contributed by atoms with E-state index in [0.29, 0.717) is 47.0 Å². The molecular weight excluding hydrogens is 500 g/mol. The minimum atomic E-state index is -0.742. The number of thiophene rings is 1. The number of hydrogen-bond acceptors (Lipinski definition) is 8. The van der Waals surface area contributed by atoms with Crippen LogP contribution in [0.1, 0.15) is 47.3 Å². The van der Waals surface area contributed by atoms with Gasteiger partial charge >= 0.3 is 0 Å². The molecule has 0 N–H and O–H groups in total. The first-order chi connectivity index (χ1) is 17.9. The lowest BCUT2D eigenvalue weighted by atomic mass is 9.82. The molecule has 2 aliphatic rings. The van der Waals surface area contributed by atoms with Crippen molar-refractivity contribution in [2.75, 3.05) is 27.2 Å². The monoisotopic (exact) mass is 530 g/mol. The van der Waals surface area contributed by atoms with Gasteiger partial charge in [0.05, 0.1) is 33.4 Å². The van der Waals surface area contributed by atoms with Crippen molar-refractivity contribution in [3.05, 3.63) is 46.1 Å². The average Bonchev–Trinajstić information content (AvgIpc) is 3.31. The predicted octanol–water partition coefficient (Wildman–Crippen LogP) is 3.46. The number of rotatable bonds is 5. The van der Waals surface area contributed by atoms with Crippen molar-refractivity contribution in [3.63, 3.8) is 0 Å². The molecule has 0 spiro atoms. The summed E-state index contributed by atoms with van der Waals surface area (Å²) in [5.74, 6) is -0.860. The molecule has 10 heteroatoms. The molecule has 5 rings (SSSR count). The van der Waals surface area contributed by atoms with Gasteiger partial charge in [-0.05, 0) is 44.8 Å². The third kappa shape index (κ3) is 4.06. The molecule has 1 atom stereocenters. The zero-order valence-electron chi connectivity index (χ0n) is 22.4. The number of fused-ring (bicyclic) bond motifs is 1. The van der Waals surface area contributed by atoms with Gasteiger partial charge in [-0.2, -0.15) is 5.26 Å². The zero-order chi connectivity index (χ0) is 27.5. The minimum absolute atomic E-state index is 0.112. The van der Waals surface area contributed by atoms with Gasteiger partial charge in [0.15, 0.2) is 0 Å². The van der Waals surface area contributed by atoms with Crippen molar-refractivity contribution in [1.29, 1.82) is 5.26 Å². The molecule has 9 nitrogen and oxygen atoms in total. The fraction of sp³-hybridized carbons (Fsp3) is 0.429. The molecule has 3 aromatic rings. The maximum atomic E-state index is 13.6. The van der Waals surface area contributed by atoms with E-state index in [1.807, 2.05) is 27.1 Å². The van der Waals surface area contributed by atoms with Crippen LogP contribution in [0.2, 0.25) is 0 Å². The van der Waals surface area contributed by atoms with Crippen molar-refractivity contribution in [2.24, 2.45) is 11.3 Å². The van der Waals surface area contributed by atoms with Gasteiger partial charge in [-0.1, -0.05) is 20.8 Å². The van der Waals surface area contributed by atoms with Crippen molar-refractivity contribution in [1.82, 2.24) is 24.7 Å². The predicted molar refractivity (Wildman–Crippen MR) is 144 cm³/mol. The van der Waals surface area contributed by atoms with Gasteiger partial charge in [0, 0.05) is 41.7 Å². The van der Waals surface area contributed by atoms with Crippen molar-refractivity contribution in [3.8, 4) is 17.3 Å². The highest BCUT2D eigenvalue weighted by Gasteiger charge is 2.51. The van der Waals surface area contributed by atoms with Crippen molar-refractivity contribution < 1.29 is 14.4 Å². The number of likely N-dealkylation sites (N-methyl/N-ethyl adjacent to an activating group) is 1. The summed E-state index contributed by atoms with van der Waals surface area (Å²) >= 11 is 1.42. The van der Waals surface area contributed by atoms with E-state index in [-0.39, 0.29) is 35.9 Å². The molecule has 2 saturated heterocycles. The maximum Gasteiger partial charge on any atom is 0.256 e. The summed E-state index contributed by atoms with van der Waals surface area (Å²) in [6.45, 7) is 8.65. The molecule has 3 aromatic heterocycles. The Morgan fingerprint density at radius 2 is 1.97 bits per heavy atom. The van der Waals surface area contributed by atoms with Crippen LogP contribution < -0.4 is 0 Å².